The summed E-state index contributed by atoms with van der Waals surface area (Å²) in [5, 5.41) is 7.82. The third-order valence-electron chi connectivity index (χ3n) is 3.85. The lowest BCUT2D eigenvalue weighted by molar-refractivity contribution is -0.116. The Morgan fingerprint density at radius 2 is 1.96 bits per heavy atom. The van der Waals surface area contributed by atoms with Crippen molar-refractivity contribution in [3.8, 4) is 0 Å². The van der Waals surface area contributed by atoms with Crippen molar-refractivity contribution in [1.82, 2.24) is 9.97 Å². The highest BCUT2D eigenvalue weighted by atomic mass is 32.1. The molecular weight excluding hydrogens is 364 g/mol. The van der Waals surface area contributed by atoms with Gasteiger partial charge in [-0.1, -0.05) is 18.2 Å². The van der Waals surface area contributed by atoms with Gasteiger partial charge in [0.2, 0.25) is 11.5 Å². The molecule has 0 aliphatic rings. The number of nitrogens with zero attached hydrogens (tertiary/aromatic N) is 1. The number of aryl methyl sites for hydroxylation is 2. The molecule has 1 aromatic carbocycles. The molecule has 0 fully saturated rings. The third kappa shape index (κ3) is 5.11. The molecule has 7 nitrogen and oxygen atoms in total. The number of nitrogens with one attached hydrogen (secondary N) is 3. The van der Waals surface area contributed by atoms with Crippen LogP contribution in [-0.4, -0.2) is 21.8 Å². The first-order valence-corrected chi connectivity index (χ1v) is 9.19. The Kier molecular flexibility index (Phi) is 5.77. The molecule has 0 aliphatic heterocycles. The summed E-state index contributed by atoms with van der Waals surface area (Å²) in [5.41, 5.74) is 2.61. The molecule has 0 saturated heterocycles. The highest BCUT2D eigenvalue weighted by Gasteiger charge is 2.11. The monoisotopic (exact) mass is 382 g/mol. The van der Waals surface area contributed by atoms with E-state index in [1.165, 1.54) is 29.7 Å². The maximum Gasteiger partial charge on any atom is 0.258 e. The lowest BCUT2D eigenvalue weighted by Gasteiger charge is -2.07. The highest BCUT2D eigenvalue weighted by molar-refractivity contribution is 7.14. The zero-order valence-electron chi connectivity index (χ0n) is 14.6. The van der Waals surface area contributed by atoms with E-state index < -0.39 is 0 Å². The lowest BCUT2D eigenvalue weighted by Crippen LogP contribution is -2.14. The van der Waals surface area contributed by atoms with Crippen molar-refractivity contribution in [1.29, 1.82) is 0 Å². The first-order valence-electron chi connectivity index (χ1n) is 8.31. The summed E-state index contributed by atoms with van der Waals surface area (Å²) in [4.78, 5) is 42.0. The van der Waals surface area contributed by atoms with Crippen LogP contribution in [0.25, 0.3) is 0 Å². The zero-order valence-corrected chi connectivity index (χ0v) is 15.4. The second-order valence-corrected chi connectivity index (χ2v) is 6.76. The Bertz CT molecular complexity index is 1010. The van der Waals surface area contributed by atoms with E-state index >= 15 is 0 Å². The number of aromatic amines is 1. The van der Waals surface area contributed by atoms with E-state index in [0.29, 0.717) is 23.5 Å². The van der Waals surface area contributed by atoms with E-state index in [-0.39, 0.29) is 17.4 Å². The van der Waals surface area contributed by atoms with Gasteiger partial charge in [-0.2, -0.15) is 0 Å². The molecule has 0 spiro atoms. The average Bonchev–Trinajstić information content (AvgIpc) is 3.10. The topological polar surface area (TPSA) is 104 Å². The number of para-hydroxylation sites is 1. The molecular formula is C19H18N4O3S. The van der Waals surface area contributed by atoms with E-state index in [4.69, 9.17) is 0 Å². The number of pyridine rings is 1. The summed E-state index contributed by atoms with van der Waals surface area (Å²) in [6.07, 6.45) is 2.12. The van der Waals surface area contributed by atoms with Crippen LogP contribution in [0.5, 0.6) is 0 Å². The number of hydrogen-bond acceptors (Lipinski definition) is 5. The Morgan fingerprint density at radius 3 is 2.70 bits per heavy atom. The van der Waals surface area contributed by atoms with Gasteiger partial charge in [0.25, 0.3) is 5.91 Å². The molecule has 138 valence electrons. The van der Waals surface area contributed by atoms with Crippen LogP contribution in [0.4, 0.5) is 10.8 Å². The highest BCUT2D eigenvalue weighted by Crippen LogP contribution is 2.18. The van der Waals surface area contributed by atoms with E-state index in [2.05, 4.69) is 20.6 Å². The van der Waals surface area contributed by atoms with Crippen LogP contribution < -0.4 is 16.2 Å². The maximum atomic E-state index is 12.1. The van der Waals surface area contributed by atoms with Gasteiger partial charge >= 0.3 is 0 Å². The van der Waals surface area contributed by atoms with E-state index in [9.17, 15) is 14.4 Å². The number of carbonyl (C=O) groups excluding carboxylic acids is 2. The number of anilines is 2. The first kappa shape index (κ1) is 18.5. The van der Waals surface area contributed by atoms with Crippen molar-refractivity contribution >= 4 is 34.0 Å². The van der Waals surface area contributed by atoms with Crippen molar-refractivity contribution in [3.05, 3.63) is 75.1 Å². The van der Waals surface area contributed by atoms with Gasteiger partial charge in [-0.25, -0.2) is 4.98 Å². The van der Waals surface area contributed by atoms with Gasteiger partial charge in [0.1, 0.15) is 0 Å². The van der Waals surface area contributed by atoms with Gasteiger partial charge in [-0.3, -0.25) is 19.7 Å². The predicted octanol–water partition coefficient (Wildman–Crippen LogP) is 2.96. The number of hydrogen-bond donors (Lipinski definition) is 3. The van der Waals surface area contributed by atoms with Crippen molar-refractivity contribution in [2.45, 2.75) is 19.8 Å². The lowest BCUT2D eigenvalue weighted by atomic mass is 10.2. The molecule has 27 heavy (non-hydrogen) atoms. The minimum Gasteiger partial charge on any atom is -0.328 e. The molecule has 3 N–H and O–H groups in total. The van der Waals surface area contributed by atoms with Gasteiger partial charge in [-0.15, -0.1) is 11.3 Å². The van der Waals surface area contributed by atoms with Crippen LogP contribution >= 0.6 is 11.3 Å². The summed E-state index contributed by atoms with van der Waals surface area (Å²) >= 11 is 1.29. The van der Waals surface area contributed by atoms with Gasteiger partial charge in [-0.05, 0) is 31.0 Å². The van der Waals surface area contributed by atoms with Gasteiger partial charge < -0.3 is 10.3 Å². The number of amides is 2. The molecule has 2 heterocycles. The minimum absolute atomic E-state index is 0.0869. The predicted molar refractivity (Wildman–Crippen MR) is 105 cm³/mol. The molecule has 0 bridgehead atoms. The molecule has 3 aromatic rings. The molecule has 0 aliphatic carbocycles. The second-order valence-electron chi connectivity index (χ2n) is 5.90. The molecule has 3 rings (SSSR count). The average molecular weight is 382 g/mol. The van der Waals surface area contributed by atoms with Crippen LogP contribution in [0, 0.1) is 6.92 Å². The smallest absolute Gasteiger partial charge is 0.258 e. The van der Waals surface area contributed by atoms with Crippen molar-refractivity contribution in [2.75, 3.05) is 10.6 Å². The summed E-state index contributed by atoms with van der Waals surface area (Å²) in [6, 6.07) is 10.3. The number of rotatable bonds is 6. The van der Waals surface area contributed by atoms with E-state index in [1.54, 1.807) is 0 Å². The molecule has 2 amide bonds. The number of H-pyrrole nitrogens is 1. The summed E-state index contributed by atoms with van der Waals surface area (Å²) in [6.45, 7) is 1.94. The van der Waals surface area contributed by atoms with Crippen LogP contribution in [-0.2, 0) is 11.2 Å². The Labute approximate surface area is 159 Å². The molecule has 2 aromatic heterocycles. The van der Waals surface area contributed by atoms with Gasteiger partial charge in [0.15, 0.2) is 5.13 Å². The van der Waals surface area contributed by atoms with E-state index in [1.807, 2.05) is 36.6 Å². The van der Waals surface area contributed by atoms with Crippen molar-refractivity contribution in [2.24, 2.45) is 0 Å². The summed E-state index contributed by atoms with van der Waals surface area (Å²) < 4.78 is 0. The van der Waals surface area contributed by atoms with Crippen molar-refractivity contribution in [3.63, 3.8) is 0 Å². The number of benzene rings is 1. The van der Waals surface area contributed by atoms with Crippen LogP contribution in [0.15, 0.2) is 52.8 Å². The third-order valence-corrected chi connectivity index (χ3v) is 4.65. The number of carbonyl (C=O) groups is 2. The normalized spacial score (nSPS) is 10.4. The Balaban J connectivity index is 1.52. The molecule has 0 saturated carbocycles. The van der Waals surface area contributed by atoms with Gasteiger partial charge in [0.05, 0.1) is 11.3 Å². The van der Waals surface area contributed by atoms with E-state index in [0.717, 1.165) is 16.9 Å². The molecule has 0 unspecified atom stereocenters. The Morgan fingerprint density at radius 1 is 1.15 bits per heavy atom. The minimum atomic E-state index is -0.357. The second kappa shape index (κ2) is 8.41. The largest absolute Gasteiger partial charge is 0.328 e. The van der Waals surface area contributed by atoms with Gasteiger partial charge in [0, 0.05) is 29.8 Å². The molecule has 0 radical (unpaired) electrons. The van der Waals surface area contributed by atoms with Crippen LogP contribution in [0.2, 0.25) is 0 Å². The van der Waals surface area contributed by atoms with Crippen LogP contribution in [0.3, 0.4) is 0 Å². The fraction of sp³-hybridized carbons (Fsp3) is 0.158. The zero-order chi connectivity index (χ0) is 19.2. The molecule has 0 atom stereocenters. The number of thiazole rings is 1. The van der Waals surface area contributed by atoms with Crippen molar-refractivity contribution < 1.29 is 9.59 Å². The molecule has 8 heteroatoms. The summed E-state index contributed by atoms with van der Waals surface area (Å²) in [5.74, 6) is -0.444. The standard InChI is InChI=1S/C19H18N4O3S/c1-12-4-2-3-5-15(12)22-17(25)9-7-14-11-27-19(21-14)23-18(26)13-6-8-16(24)20-10-13/h2-6,8,10-11H,7,9H2,1H3,(H,20,24)(H,22,25)(H,21,23,26). The number of aromatic nitrogens is 2. The first-order chi connectivity index (χ1) is 13.0. The fourth-order valence-corrected chi connectivity index (χ4v) is 3.11. The maximum absolute atomic E-state index is 12.1. The van der Waals surface area contributed by atoms with Crippen LogP contribution in [0.1, 0.15) is 28.0 Å². The Hall–Kier alpha value is -3.26. The SMILES string of the molecule is Cc1ccccc1NC(=O)CCc1csc(NC(=O)c2ccc(=O)[nH]c2)n1. The summed E-state index contributed by atoms with van der Waals surface area (Å²) in [7, 11) is 0. The fourth-order valence-electron chi connectivity index (χ4n) is 2.37. The quantitative estimate of drug-likeness (QED) is 0.610.